The molecule has 4 aromatic carbocycles. The number of carbonyl (C=O) groups excluding carboxylic acids is 14. The first-order valence-corrected chi connectivity index (χ1v) is 36.6. The number of Topliss-reactive ketones (excluding diaryl/α,β-unsaturated/α-hetero) is 1. The molecule has 7 aliphatic rings. The number of hydrogen-bond donors (Lipinski definition) is 12. The van der Waals surface area contributed by atoms with E-state index in [4.69, 9.17) is 39.9 Å². The van der Waals surface area contributed by atoms with Gasteiger partial charge in [0.25, 0.3) is 5.91 Å². The molecule has 15 atom stereocenters. The zero-order chi connectivity index (χ0) is 82.0. The maximum Gasteiger partial charge on any atom is 0.350 e. The number of carboxylic acid groups (broad SMARTS) is 1. The molecule has 35 nitrogen and oxygen atoms in total. The van der Waals surface area contributed by atoms with Crippen LogP contribution in [0.1, 0.15) is 136 Å². The lowest BCUT2D eigenvalue weighted by molar-refractivity contribution is -0.346. The molecule has 14 N–H and O–H groups in total. The number of ether oxygens (including phenoxy) is 6. The van der Waals surface area contributed by atoms with E-state index in [-0.39, 0.29) is 72.7 Å². The number of rotatable bonds is 24. The number of esters is 5. The number of nitrogens with one attached hydrogen (secondary N) is 7. The second kappa shape index (κ2) is 35.2. The van der Waals surface area contributed by atoms with Gasteiger partial charge in [-0.25, -0.2) is 9.59 Å². The fraction of sp³-hybridized carbons (Fsp3) is 0.462. The molecule has 8 amide bonds. The number of aliphatic imine (C=N–C) groups is 1. The number of guanidine groups is 1. The lowest BCUT2D eigenvalue weighted by Crippen LogP contribution is -2.82. The number of ketones is 1. The van der Waals surface area contributed by atoms with Crippen LogP contribution in [-0.2, 0) is 104 Å². The Hall–Kier alpha value is -12.0. The molecule has 11 rings (SSSR count). The summed E-state index contributed by atoms with van der Waals surface area (Å²) in [6.45, 7) is 5.66. The molecule has 113 heavy (non-hydrogen) atoms. The Balaban J connectivity index is 0.904. The fourth-order valence-electron chi connectivity index (χ4n) is 15.8. The molecule has 4 aromatic rings. The smallest absolute Gasteiger partial charge is 0.350 e. The molecule has 3 aliphatic carbocycles. The second-order valence-corrected chi connectivity index (χ2v) is 29.4. The largest absolute Gasteiger partial charge is 0.481 e. The Morgan fingerprint density at radius 2 is 1.37 bits per heavy atom. The zero-order valence-electron chi connectivity index (χ0n) is 62.8. The number of carboxylic acids is 1. The van der Waals surface area contributed by atoms with Crippen LogP contribution < -0.4 is 48.7 Å². The van der Waals surface area contributed by atoms with Crippen LogP contribution in [0, 0.1) is 16.7 Å². The molecule has 0 aromatic heterocycles. The minimum Gasteiger partial charge on any atom is -0.481 e. The fourth-order valence-corrected chi connectivity index (χ4v) is 15.8. The molecule has 0 unspecified atom stereocenters. The summed E-state index contributed by atoms with van der Waals surface area (Å²) in [5, 5.41) is 53.7. The predicted molar refractivity (Wildman–Crippen MR) is 392 cm³/mol. The number of aliphatic hydroxyl groups excluding tert-OH is 1. The van der Waals surface area contributed by atoms with Gasteiger partial charge in [-0.3, -0.25) is 67.3 Å². The molecule has 602 valence electrons. The Morgan fingerprint density at radius 3 is 1.99 bits per heavy atom. The summed E-state index contributed by atoms with van der Waals surface area (Å²) in [7, 11) is 0. The number of amides is 8. The third-order valence-electron chi connectivity index (χ3n) is 21.6. The maximum absolute atomic E-state index is 16.0. The van der Waals surface area contributed by atoms with Crippen molar-refractivity contribution in [2.24, 2.45) is 33.2 Å². The molecular weight excluding hydrogens is 1470 g/mol. The third-order valence-corrected chi connectivity index (χ3v) is 21.6. The number of nitrogens with two attached hydrogens (primary N) is 2. The molecule has 4 bridgehead atoms. The lowest BCUT2D eigenvalue weighted by Gasteiger charge is -2.67. The van der Waals surface area contributed by atoms with Crippen molar-refractivity contribution in [1.82, 2.24) is 42.1 Å². The molecule has 35 heteroatoms. The van der Waals surface area contributed by atoms with Crippen molar-refractivity contribution in [2.45, 2.75) is 184 Å². The highest BCUT2D eigenvalue weighted by atomic mass is 16.6. The maximum atomic E-state index is 16.0. The first-order chi connectivity index (χ1) is 53.6. The number of carbonyl (C=O) groups is 15. The van der Waals surface area contributed by atoms with Gasteiger partial charge in [0, 0.05) is 70.3 Å². The number of aliphatic hydroxyl groups is 2. The number of piperazine rings is 1. The van der Waals surface area contributed by atoms with E-state index in [2.05, 4.69) is 42.2 Å². The highest BCUT2D eigenvalue weighted by Crippen LogP contribution is 2.64. The minimum atomic E-state index is -2.60. The number of aliphatic carboxylic acids is 1. The topological polar surface area (TPSA) is 524 Å². The minimum absolute atomic E-state index is 0.0194. The standard InChI is InChI=1S/C78H91N11O24/c1-40-52(34-78(107)66(112-72(105)47-21-14-9-15-22-47)64-76(6,53(92)33-54-77(64,39-108-54)113-42(3)91)65(99)62(109-41(2)90)60(40)75(78,4)5)110-73(106)63(61(45-17-10-7-11-18-45)88-67(100)46-19-12-8-13-20-46)111-59(98)29-28-55(93)82-35-43-24-26-44(27-25-43)38-89-51-36-83-69(102)49(32-58(96)97)86-57(95)37-84-68(101)48(23-16-30-81-74(79)80)85-56(94)31-50(71(89)104)87-70(51)103/h7-15,17-22,24-27,48-54,61-64,66,92,107H,16,23,28-39H2,1-6H3,(H,82,93)(H,83,102)(H,84,101)(H,85,94)(H,86,95)(H,87,103)(H,88,100)(H,96,97)(H4,79,80,81)/t48-,49-,50-,51+,52-,53-,54+,61-,62+,63+,64-,66-,76+,77-,78+/m0/s1. The zero-order valence-corrected chi connectivity index (χ0v) is 62.8. The molecule has 6 fully saturated rings. The molecule has 4 saturated heterocycles. The van der Waals surface area contributed by atoms with E-state index in [9.17, 15) is 77.6 Å². The first kappa shape index (κ1) is 83.5. The van der Waals surface area contributed by atoms with Gasteiger partial charge in [0.2, 0.25) is 47.5 Å². The SMILES string of the molecule is CC(=O)O[C@H]1C(=O)[C@@]2(C)[C@H]([C@H](OC(=O)c3ccccc3)[C@]3(O)C[C@H](OC(=O)[C@H](OC(=O)CCC(=O)NCc4ccc(CN5C(=O)[C@@H]6CC(=O)N[C@@H](CCCN=C(N)N)C(=O)NCC(=O)N[C@@H](CC(=O)O)C(=O)NC[C@@H]5C(=O)N6)cc4)[C@@H](NC(=O)c4ccccc4)c4ccccc4)C(C)=C1C3(C)C)[C@]1(OC(C)=O)CO[C@@H]1C[C@@H]2O. The van der Waals surface area contributed by atoms with Crippen LogP contribution in [-0.4, -0.2) is 213 Å². The molecule has 4 aliphatic heterocycles. The van der Waals surface area contributed by atoms with E-state index in [1.54, 1.807) is 78.9 Å². The van der Waals surface area contributed by atoms with Gasteiger partial charge >= 0.3 is 35.8 Å². The summed E-state index contributed by atoms with van der Waals surface area (Å²) in [6.07, 6.45) is -14.6. The normalized spacial score (nSPS) is 27.4. The average Bonchev–Trinajstić information content (AvgIpc) is 0.668. The van der Waals surface area contributed by atoms with Crippen LogP contribution in [0.4, 0.5) is 0 Å². The van der Waals surface area contributed by atoms with Crippen LogP contribution in [0.25, 0.3) is 0 Å². The van der Waals surface area contributed by atoms with Gasteiger partial charge in [-0.1, -0.05) is 105 Å². The summed E-state index contributed by atoms with van der Waals surface area (Å²) >= 11 is 0. The van der Waals surface area contributed by atoms with Gasteiger partial charge in [-0.2, -0.15) is 0 Å². The van der Waals surface area contributed by atoms with Crippen molar-refractivity contribution < 1.29 is 116 Å². The Kier molecular flexibility index (Phi) is 26.0. The van der Waals surface area contributed by atoms with Crippen LogP contribution in [0.3, 0.4) is 0 Å². The molecule has 2 saturated carbocycles. The average molecular weight is 1570 g/mol. The summed E-state index contributed by atoms with van der Waals surface area (Å²) < 4.78 is 37.1. The molecular formula is C78H91N11O24. The van der Waals surface area contributed by atoms with Crippen molar-refractivity contribution in [3.05, 3.63) is 154 Å². The lowest BCUT2D eigenvalue weighted by atomic mass is 9.44. The van der Waals surface area contributed by atoms with Gasteiger partial charge < -0.3 is 97.3 Å². The van der Waals surface area contributed by atoms with Gasteiger partial charge in [-0.15, -0.1) is 0 Å². The van der Waals surface area contributed by atoms with E-state index >= 15 is 9.59 Å². The van der Waals surface area contributed by atoms with Crippen molar-refractivity contribution in [3.8, 4) is 0 Å². The monoisotopic (exact) mass is 1570 g/mol. The molecule has 0 radical (unpaired) electrons. The van der Waals surface area contributed by atoms with Crippen LogP contribution >= 0.6 is 0 Å². The van der Waals surface area contributed by atoms with Gasteiger partial charge in [0.1, 0.15) is 54.1 Å². The van der Waals surface area contributed by atoms with Crippen LogP contribution in [0.15, 0.2) is 131 Å². The summed E-state index contributed by atoms with van der Waals surface area (Å²) in [4.78, 5) is 215. The molecule has 0 spiro atoms. The number of hydrogen-bond acceptors (Lipinski definition) is 24. The first-order valence-electron chi connectivity index (χ1n) is 36.6. The van der Waals surface area contributed by atoms with Gasteiger partial charge in [0.05, 0.1) is 55.4 Å². The highest BCUT2D eigenvalue weighted by Gasteiger charge is 2.78. The van der Waals surface area contributed by atoms with Crippen molar-refractivity contribution in [2.75, 3.05) is 26.2 Å². The predicted octanol–water partition coefficient (Wildman–Crippen LogP) is -0.287. The number of fused-ring (bicyclic) bond motifs is 19. The van der Waals surface area contributed by atoms with Crippen LogP contribution in [0.2, 0.25) is 0 Å². The second-order valence-electron chi connectivity index (χ2n) is 29.4. The summed E-state index contributed by atoms with van der Waals surface area (Å²) in [5.74, 6) is -16.7. The Bertz CT molecular complexity index is 4430. The number of benzene rings is 4. The van der Waals surface area contributed by atoms with Crippen molar-refractivity contribution in [3.63, 3.8) is 0 Å². The van der Waals surface area contributed by atoms with E-state index < -0.39 is 235 Å². The van der Waals surface area contributed by atoms with Crippen LogP contribution in [0.5, 0.6) is 0 Å². The summed E-state index contributed by atoms with van der Waals surface area (Å²) in [5.41, 5.74) is 3.29. The summed E-state index contributed by atoms with van der Waals surface area (Å²) in [6, 6.07) is 21.8. The van der Waals surface area contributed by atoms with Crippen molar-refractivity contribution in [1.29, 1.82) is 0 Å². The Morgan fingerprint density at radius 1 is 0.743 bits per heavy atom. The van der Waals surface area contributed by atoms with Gasteiger partial charge in [0.15, 0.2) is 23.4 Å². The quantitative estimate of drug-likeness (QED) is 0.00816. The number of nitrogens with zero attached hydrogens (tertiary/aromatic N) is 2. The molecule has 4 heterocycles. The van der Waals surface area contributed by atoms with Gasteiger partial charge in [-0.05, 0) is 78.8 Å². The Labute approximate surface area is 647 Å². The van der Waals surface area contributed by atoms with E-state index in [0.717, 1.165) is 18.7 Å². The third kappa shape index (κ3) is 18.5. The highest BCUT2D eigenvalue weighted by molar-refractivity contribution is 6.01. The van der Waals surface area contributed by atoms with E-state index in [0.29, 0.717) is 11.1 Å². The van der Waals surface area contributed by atoms with E-state index in [1.165, 1.54) is 64.1 Å². The van der Waals surface area contributed by atoms with Crippen molar-refractivity contribution >= 4 is 94.8 Å². The van der Waals surface area contributed by atoms with E-state index in [1.807, 2.05) is 0 Å².